The van der Waals surface area contributed by atoms with Gasteiger partial charge >= 0.3 is 5.97 Å². The summed E-state index contributed by atoms with van der Waals surface area (Å²) in [5.41, 5.74) is 2.85. The van der Waals surface area contributed by atoms with E-state index in [0.717, 1.165) is 16.8 Å². The van der Waals surface area contributed by atoms with Crippen LogP contribution in [0.4, 0.5) is 10.1 Å². The van der Waals surface area contributed by atoms with Gasteiger partial charge < -0.3 is 15.3 Å². The summed E-state index contributed by atoms with van der Waals surface area (Å²) in [7, 11) is 0. The maximum absolute atomic E-state index is 13.0. The van der Waals surface area contributed by atoms with E-state index >= 15 is 0 Å². The number of rotatable bonds is 4. The number of hydrogen-bond donors (Lipinski definition) is 2. The van der Waals surface area contributed by atoms with Crippen molar-refractivity contribution in [2.24, 2.45) is 5.92 Å². The van der Waals surface area contributed by atoms with Gasteiger partial charge in [0.05, 0.1) is 5.92 Å². The zero-order chi connectivity index (χ0) is 15.0. The average molecular weight is 329 g/mol. The van der Waals surface area contributed by atoms with Crippen molar-refractivity contribution in [3.05, 3.63) is 29.3 Å². The number of anilines is 1. The number of amides is 1. The van der Waals surface area contributed by atoms with Gasteiger partial charge in [-0.2, -0.15) is 0 Å². The van der Waals surface area contributed by atoms with Crippen LogP contribution in [0.25, 0.3) is 0 Å². The zero-order valence-corrected chi connectivity index (χ0v) is 12.7. The van der Waals surface area contributed by atoms with Crippen molar-refractivity contribution in [1.82, 2.24) is 4.90 Å². The van der Waals surface area contributed by atoms with Crippen molar-refractivity contribution >= 4 is 30.0 Å². The fourth-order valence-electron chi connectivity index (χ4n) is 2.79. The Morgan fingerprint density at radius 3 is 2.77 bits per heavy atom. The number of benzene rings is 1. The summed E-state index contributed by atoms with van der Waals surface area (Å²) in [6, 6.07) is 5.62. The molecule has 3 rings (SSSR count). The Morgan fingerprint density at radius 1 is 1.41 bits per heavy atom. The van der Waals surface area contributed by atoms with E-state index in [1.54, 1.807) is 4.90 Å². The van der Waals surface area contributed by atoms with Crippen LogP contribution < -0.4 is 5.32 Å². The first-order chi connectivity index (χ1) is 10.1. The first-order valence-corrected chi connectivity index (χ1v) is 7.05. The molecule has 0 bridgehead atoms. The van der Waals surface area contributed by atoms with Crippen LogP contribution in [0.1, 0.15) is 17.5 Å². The van der Waals surface area contributed by atoms with Crippen molar-refractivity contribution in [3.63, 3.8) is 0 Å². The van der Waals surface area contributed by atoms with Gasteiger partial charge in [0.25, 0.3) is 0 Å². The van der Waals surface area contributed by atoms with Crippen LogP contribution in [-0.4, -0.2) is 41.1 Å². The van der Waals surface area contributed by atoms with E-state index < -0.39 is 18.1 Å². The molecule has 2 atom stereocenters. The molecule has 1 saturated carbocycles. The van der Waals surface area contributed by atoms with E-state index in [4.69, 9.17) is 5.11 Å². The SMILES string of the molecule is Cl.O=C(O)CNc1cccc2c1CCN(C(=O)[C@@H]1C[C@@H]1F)C2. The lowest BCUT2D eigenvalue weighted by molar-refractivity contribution is -0.135. The summed E-state index contributed by atoms with van der Waals surface area (Å²) in [5, 5.41) is 11.6. The van der Waals surface area contributed by atoms with Gasteiger partial charge in [-0.1, -0.05) is 12.1 Å². The van der Waals surface area contributed by atoms with Crippen LogP contribution in [0.3, 0.4) is 0 Å². The standard InChI is InChI=1S/C15H17FN2O3.ClH/c16-12-6-11(12)15(21)18-5-4-10-9(8-18)2-1-3-13(10)17-7-14(19)20;/h1-3,11-12,17H,4-8H2,(H,19,20);1H/t11-,12+;/m1./s1. The molecule has 1 heterocycles. The third kappa shape index (κ3) is 3.32. The topological polar surface area (TPSA) is 69.6 Å². The van der Waals surface area contributed by atoms with E-state index in [2.05, 4.69) is 5.32 Å². The maximum Gasteiger partial charge on any atom is 0.322 e. The summed E-state index contributed by atoms with van der Waals surface area (Å²) in [5.74, 6) is -1.46. The highest BCUT2D eigenvalue weighted by Gasteiger charge is 2.46. The van der Waals surface area contributed by atoms with Crippen LogP contribution in [0.2, 0.25) is 0 Å². The highest BCUT2D eigenvalue weighted by molar-refractivity contribution is 5.85. The Kier molecular flexibility index (Phi) is 4.90. The highest BCUT2D eigenvalue weighted by Crippen LogP contribution is 2.37. The van der Waals surface area contributed by atoms with E-state index in [-0.39, 0.29) is 24.9 Å². The van der Waals surface area contributed by atoms with Gasteiger partial charge in [-0.05, 0) is 30.0 Å². The van der Waals surface area contributed by atoms with Crippen LogP contribution in [0.5, 0.6) is 0 Å². The number of halogens is 2. The van der Waals surface area contributed by atoms with Crippen molar-refractivity contribution in [1.29, 1.82) is 0 Å². The second kappa shape index (κ2) is 6.52. The quantitative estimate of drug-likeness (QED) is 0.885. The number of carbonyl (C=O) groups is 2. The van der Waals surface area contributed by atoms with Gasteiger partial charge in [0, 0.05) is 18.8 Å². The molecule has 0 aromatic heterocycles. The van der Waals surface area contributed by atoms with Crippen molar-refractivity contribution < 1.29 is 19.1 Å². The molecule has 0 spiro atoms. The Morgan fingerprint density at radius 2 is 2.14 bits per heavy atom. The number of fused-ring (bicyclic) bond motifs is 1. The summed E-state index contributed by atoms with van der Waals surface area (Å²) < 4.78 is 13.0. The van der Waals surface area contributed by atoms with Crippen molar-refractivity contribution in [2.75, 3.05) is 18.4 Å². The fourth-order valence-corrected chi connectivity index (χ4v) is 2.79. The number of carboxylic acid groups (broad SMARTS) is 1. The predicted molar refractivity (Wildman–Crippen MR) is 81.9 cm³/mol. The normalized spacial score (nSPS) is 22.3. The monoisotopic (exact) mass is 328 g/mol. The van der Waals surface area contributed by atoms with Crippen LogP contribution in [0, 0.1) is 5.92 Å². The second-order valence-corrected chi connectivity index (χ2v) is 5.56. The minimum Gasteiger partial charge on any atom is -0.480 e. The lowest BCUT2D eigenvalue weighted by atomic mass is 9.97. The smallest absolute Gasteiger partial charge is 0.322 e. The lowest BCUT2D eigenvalue weighted by Gasteiger charge is -2.30. The van der Waals surface area contributed by atoms with Gasteiger partial charge in [-0.25, -0.2) is 4.39 Å². The average Bonchev–Trinajstić information content (AvgIpc) is 3.20. The molecule has 120 valence electrons. The molecule has 1 aliphatic carbocycles. The number of hydrogen-bond acceptors (Lipinski definition) is 3. The van der Waals surface area contributed by atoms with Gasteiger partial charge in [-0.3, -0.25) is 9.59 Å². The maximum atomic E-state index is 13.0. The molecule has 1 aliphatic heterocycles. The second-order valence-electron chi connectivity index (χ2n) is 5.56. The van der Waals surface area contributed by atoms with E-state index in [1.165, 1.54) is 0 Å². The minimum atomic E-state index is -0.970. The molecule has 0 saturated heterocycles. The number of nitrogens with one attached hydrogen (secondary N) is 1. The van der Waals surface area contributed by atoms with Crippen LogP contribution in [0.15, 0.2) is 18.2 Å². The first-order valence-electron chi connectivity index (χ1n) is 7.05. The van der Waals surface area contributed by atoms with E-state index in [1.807, 2.05) is 18.2 Å². The molecule has 22 heavy (non-hydrogen) atoms. The zero-order valence-electron chi connectivity index (χ0n) is 11.9. The molecular formula is C15H18ClFN2O3. The molecule has 1 fully saturated rings. The molecule has 0 radical (unpaired) electrons. The van der Waals surface area contributed by atoms with E-state index in [0.29, 0.717) is 25.9 Å². The van der Waals surface area contributed by atoms with E-state index in [9.17, 15) is 14.0 Å². The van der Waals surface area contributed by atoms with Crippen LogP contribution in [-0.2, 0) is 22.6 Å². The van der Waals surface area contributed by atoms with Gasteiger partial charge in [0.1, 0.15) is 12.7 Å². The Hall–Kier alpha value is -1.82. The predicted octanol–water partition coefficient (Wildman–Crippen LogP) is 1.85. The van der Waals surface area contributed by atoms with Crippen LogP contribution >= 0.6 is 12.4 Å². The molecule has 2 aliphatic rings. The molecule has 1 aromatic carbocycles. The molecular weight excluding hydrogens is 311 g/mol. The molecule has 2 N–H and O–H groups in total. The summed E-state index contributed by atoms with van der Waals surface area (Å²) in [4.78, 5) is 24.4. The Balaban J connectivity index is 0.00000176. The largest absolute Gasteiger partial charge is 0.480 e. The number of nitrogens with zero attached hydrogens (tertiary/aromatic N) is 1. The molecule has 1 amide bonds. The van der Waals surface area contributed by atoms with Gasteiger partial charge in [0.2, 0.25) is 5.91 Å². The number of aliphatic carboxylic acids is 1. The van der Waals surface area contributed by atoms with Crippen molar-refractivity contribution in [2.45, 2.75) is 25.6 Å². The summed E-state index contributed by atoms with van der Waals surface area (Å²) in [6.45, 7) is 0.894. The molecule has 1 aromatic rings. The highest BCUT2D eigenvalue weighted by atomic mass is 35.5. The third-order valence-electron chi connectivity index (χ3n) is 4.04. The molecule has 7 heteroatoms. The number of carboxylic acids is 1. The summed E-state index contributed by atoms with van der Waals surface area (Å²) >= 11 is 0. The lowest BCUT2D eigenvalue weighted by Crippen LogP contribution is -2.37. The van der Waals surface area contributed by atoms with Gasteiger partial charge in [-0.15, -0.1) is 12.4 Å². The van der Waals surface area contributed by atoms with Gasteiger partial charge in [0.15, 0.2) is 0 Å². The third-order valence-corrected chi connectivity index (χ3v) is 4.04. The Bertz CT molecular complexity index is 596. The fraction of sp³-hybridized carbons (Fsp3) is 0.467. The minimum absolute atomic E-state index is 0. The number of alkyl halides is 1. The first kappa shape index (κ1) is 16.5. The Labute approximate surface area is 133 Å². The molecule has 0 unspecified atom stereocenters. The summed E-state index contributed by atoms with van der Waals surface area (Å²) in [6.07, 6.45) is 0.0399. The number of carbonyl (C=O) groups excluding carboxylic acids is 1. The molecule has 5 nitrogen and oxygen atoms in total. The van der Waals surface area contributed by atoms with Crippen molar-refractivity contribution in [3.8, 4) is 0 Å².